The molecule has 5 nitrogen and oxygen atoms in total. The summed E-state index contributed by atoms with van der Waals surface area (Å²) >= 11 is 0. The first-order chi connectivity index (χ1) is 12.8. The molecule has 0 spiro atoms. The monoisotopic (exact) mass is 348 g/mol. The van der Waals surface area contributed by atoms with Gasteiger partial charge in [0.2, 0.25) is 0 Å². The highest BCUT2D eigenvalue weighted by molar-refractivity contribution is 5.79. The first-order valence-electron chi connectivity index (χ1n) is 9.04. The van der Waals surface area contributed by atoms with E-state index in [0.29, 0.717) is 12.1 Å². The van der Waals surface area contributed by atoms with E-state index in [1.165, 1.54) is 11.1 Å². The highest BCUT2D eigenvalue weighted by atomic mass is 16.5. The second-order valence-corrected chi connectivity index (χ2v) is 6.22. The van der Waals surface area contributed by atoms with Crippen molar-refractivity contribution in [1.29, 1.82) is 5.26 Å². The van der Waals surface area contributed by atoms with E-state index in [1.807, 2.05) is 24.3 Å². The van der Waals surface area contributed by atoms with Gasteiger partial charge in [0.1, 0.15) is 5.75 Å². The number of guanidine groups is 1. The fraction of sp³-hybridized carbons (Fsp3) is 0.333. The summed E-state index contributed by atoms with van der Waals surface area (Å²) < 4.78 is 5.55. The van der Waals surface area contributed by atoms with Crippen molar-refractivity contribution in [3.05, 3.63) is 64.7 Å². The molecule has 2 aromatic carbocycles. The van der Waals surface area contributed by atoms with E-state index in [4.69, 9.17) is 10.00 Å². The van der Waals surface area contributed by atoms with E-state index < -0.39 is 0 Å². The van der Waals surface area contributed by atoms with Gasteiger partial charge in [-0.1, -0.05) is 24.3 Å². The Bertz CT molecular complexity index is 806. The maximum atomic E-state index is 8.85. The van der Waals surface area contributed by atoms with Crippen LogP contribution in [0, 0.1) is 11.3 Å². The summed E-state index contributed by atoms with van der Waals surface area (Å²) in [6, 6.07) is 16.1. The molecule has 2 N–H and O–H groups in total. The minimum Gasteiger partial charge on any atom is -0.493 e. The van der Waals surface area contributed by atoms with Crippen LogP contribution in [0.25, 0.3) is 0 Å². The van der Waals surface area contributed by atoms with Crippen LogP contribution in [-0.2, 0) is 19.4 Å². The SMILES string of the molecule is CCNC(=NCc1ccc(C#N)cc1)NCCc1ccc2c(c1)CCO2. The number of benzene rings is 2. The zero-order valence-electron chi connectivity index (χ0n) is 15.1. The van der Waals surface area contributed by atoms with Crippen molar-refractivity contribution in [2.45, 2.75) is 26.3 Å². The molecule has 0 bridgehead atoms. The van der Waals surface area contributed by atoms with Crippen LogP contribution in [0.5, 0.6) is 5.75 Å². The molecule has 26 heavy (non-hydrogen) atoms. The zero-order valence-corrected chi connectivity index (χ0v) is 15.1. The molecule has 0 aromatic heterocycles. The lowest BCUT2D eigenvalue weighted by Crippen LogP contribution is -2.38. The molecular weight excluding hydrogens is 324 g/mol. The van der Waals surface area contributed by atoms with Crippen LogP contribution in [0.2, 0.25) is 0 Å². The summed E-state index contributed by atoms with van der Waals surface area (Å²) in [7, 11) is 0. The van der Waals surface area contributed by atoms with Gasteiger partial charge < -0.3 is 15.4 Å². The van der Waals surface area contributed by atoms with Crippen LogP contribution in [-0.4, -0.2) is 25.7 Å². The van der Waals surface area contributed by atoms with Crippen molar-refractivity contribution >= 4 is 5.96 Å². The smallest absolute Gasteiger partial charge is 0.191 e. The van der Waals surface area contributed by atoms with E-state index >= 15 is 0 Å². The van der Waals surface area contributed by atoms with Gasteiger partial charge in [0.15, 0.2) is 5.96 Å². The summed E-state index contributed by atoms with van der Waals surface area (Å²) in [5.41, 5.74) is 4.37. The number of nitrogens with one attached hydrogen (secondary N) is 2. The normalized spacial score (nSPS) is 12.8. The topological polar surface area (TPSA) is 69.4 Å². The van der Waals surface area contributed by atoms with E-state index in [2.05, 4.69) is 46.8 Å². The van der Waals surface area contributed by atoms with Gasteiger partial charge in [-0.25, -0.2) is 4.99 Å². The van der Waals surface area contributed by atoms with Gasteiger partial charge in [-0.2, -0.15) is 5.26 Å². The van der Waals surface area contributed by atoms with Gasteiger partial charge in [-0.15, -0.1) is 0 Å². The molecule has 2 aromatic rings. The number of hydrogen-bond donors (Lipinski definition) is 2. The zero-order chi connectivity index (χ0) is 18.2. The standard InChI is InChI=1S/C21H24N4O/c1-2-23-21(25-15-18-5-3-17(14-22)4-6-18)24-11-9-16-7-8-20-19(13-16)10-12-26-20/h3-8,13H,2,9-12,15H2,1H3,(H2,23,24,25). The molecule has 1 aliphatic rings. The Morgan fingerprint density at radius 3 is 2.73 bits per heavy atom. The Hall–Kier alpha value is -3.00. The second kappa shape index (κ2) is 8.91. The van der Waals surface area contributed by atoms with Crippen molar-refractivity contribution in [3.8, 4) is 11.8 Å². The fourth-order valence-corrected chi connectivity index (χ4v) is 2.92. The Morgan fingerprint density at radius 2 is 1.96 bits per heavy atom. The molecule has 0 unspecified atom stereocenters. The van der Waals surface area contributed by atoms with Crippen molar-refractivity contribution in [1.82, 2.24) is 10.6 Å². The average Bonchev–Trinajstić information content (AvgIpc) is 3.14. The summed E-state index contributed by atoms with van der Waals surface area (Å²) in [4.78, 5) is 4.62. The highest BCUT2D eigenvalue weighted by Crippen LogP contribution is 2.25. The van der Waals surface area contributed by atoms with Crippen LogP contribution in [0.3, 0.4) is 0 Å². The number of nitriles is 1. The molecule has 0 fully saturated rings. The predicted octanol–water partition coefficient (Wildman–Crippen LogP) is 2.79. The van der Waals surface area contributed by atoms with Crippen molar-refractivity contribution < 1.29 is 4.74 Å². The molecule has 0 aliphatic carbocycles. The third-order valence-electron chi connectivity index (χ3n) is 4.31. The van der Waals surface area contributed by atoms with E-state index in [-0.39, 0.29) is 0 Å². The molecule has 0 saturated heterocycles. The number of aliphatic imine (C=N–C) groups is 1. The van der Waals surface area contributed by atoms with Crippen LogP contribution in [0.1, 0.15) is 29.2 Å². The third-order valence-corrected chi connectivity index (χ3v) is 4.31. The number of fused-ring (bicyclic) bond motifs is 1. The molecule has 3 rings (SSSR count). The maximum Gasteiger partial charge on any atom is 0.191 e. The van der Waals surface area contributed by atoms with Gasteiger partial charge >= 0.3 is 0 Å². The molecule has 0 atom stereocenters. The number of nitrogens with zero attached hydrogens (tertiary/aromatic N) is 2. The first kappa shape index (κ1) is 17.8. The number of ether oxygens (including phenoxy) is 1. The van der Waals surface area contributed by atoms with E-state index in [1.54, 1.807) is 0 Å². The quantitative estimate of drug-likeness (QED) is 0.622. The summed E-state index contributed by atoms with van der Waals surface area (Å²) in [6.07, 6.45) is 1.94. The fourth-order valence-electron chi connectivity index (χ4n) is 2.92. The molecule has 1 aliphatic heterocycles. The molecule has 0 saturated carbocycles. The lowest BCUT2D eigenvalue weighted by atomic mass is 10.1. The van der Waals surface area contributed by atoms with Crippen LogP contribution < -0.4 is 15.4 Å². The van der Waals surface area contributed by atoms with Gasteiger partial charge in [0, 0.05) is 19.5 Å². The van der Waals surface area contributed by atoms with Gasteiger partial charge in [-0.05, 0) is 48.2 Å². The minimum atomic E-state index is 0.581. The Balaban J connectivity index is 1.53. The van der Waals surface area contributed by atoms with Crippen LogP contribution in [0.4, 0.5) is 0 Å². The lowest BCUT2D eigenvalue weighted by Gasteiger charge is -2.12. The molecule has 0 amide bonds. The number of rotatable bonds is 6. The van der Waals surface area contributed by atoms with Gasteiger partial charge in [-0.3, -0.25) is 0 Å². The molecule has 134 valence electrons. The maximum absolute atomic E-state index is 8.85. The lowest BCUT2D eigenvalue weighted by molar-refractivity contribution is 0.357. The second-order valence-electron chi connectivity index (χ2n) is 6.22. The predicted molar refractivity (Wildman–Crippen MR) is 103 cm³/mol. The van der Waals surface area contributed by atoms with Crippen molar-refractivity contribution in [3.63, 3.8) is 0 Å². The van der Waals surface area contributed by atoms with Gasteiger partial charge in [0.25, 0.3) is 0 Å². The molecule has 5 heteroatoms. The molecule has 0 radical (unpaired) electrons. The number of hydrogen-bond acceptors (Lipinski definition) is 3. The highest BCUT2D eigenvalue weighted by Gasteiger charge is 2.11. The third kappa shape index (κ3) is 4.76. The largest absolute Gasteiger partial charge is 0.493 e. The summed E-state index contributed by atoms with van der Waals surface area (Å²) in [5, 5.41) is 15.5. The van der Waals surface area contributed by atoms with Crippen LogP contribution >= 0.6 is 0 Å². The van der Waals surface area contributed by atoms with Crippen molar-refractivity contribution in [2.24, 2.45) is 4.99 Å². The minimum absolute atomic E-state index is 0.581. The Kier molecular flexibility index (Phi) is 6.10. The molecule has 1 heterocycles. The van der Waals surface area contributed by atoms with Gasteiger partial charge in [0.05, 0.1) is 24.8 Å². The van der Waals surface area contributed by atoms with E-state index in [9.17, 15) is 0 Å². The van der Waals surface area contributed by atoms with E-state index in [0.717, 1.165) is 49.8 Å². The summed E-state index contributed by atoms with van der Waals surface area (Å²) in [5.74, 6) is 1.83. The summed E-state index contributed by atoms with van der Waals surface area (Å²) in [6.45, 7) is 5.06. The molecular formula is C21H24N4O. The Morgan fingerprint density at radius 1 is 1.15 bits per heavy atom. The van der Waals surface area contributed by atoms with Crippen LogP contribution in [0.15, 0.2) is 47.5 Å². The first-order valence-corrected chi connectivity index (χ1v) is 9.04. The average molecular weight is 348 g/mol. The van der Waals surface area contributed by atoms with Crippen molar-refractivity contribution in [2.75, 3.05) is 19.7 Å². The Labute approximate surface area is 154 Å².